The third-order valence-corrected chi connectivity index (χ3v) is 6.48. The first-order valence-corrected chi connectivity index (χ1v) is 11.7. The summed E-state index contributed by atoms with van der Waals surface area (Å²) in [6, 6.07) is 14.2. The molecule has 0 N–H and O–H groups in total. The van der Waals surface area contributed by atoms with E-state index in [1.807, 2.05) is 37.2 Å². The molecule has 2 aliphatic rings. The van der Waals surface area contributed by atoms with Crippen LogP contribution in [0.4, 0.5) is 5.69 Å². The molecule has 0 spiro atoms. The molecule has 1 amide bonds. The van der Waals surface area contributed by atoms with Gasteiger partial charge in [0.05, 0.1) is 11.9 Å². The van der Waals surface area contributed by atoms with Gasteiger partial charge in [-0.15, -0.1) is 11.8 Å². The number of fused-ring (bicyclic) bond motifs is 1. The lowest BCUT2D eigenvalue weighted by molar-refractivity contribution is -0.130. The zero-order chi connectivity index (χ0) is 21.6. The zero-order valence-electron chi connectivity index (χ0n) is 18.2. The number of carbonyl (C=O) groups excluding carboxylic acids is 1. The van der Waals surface area contributed by atoms with Crippen LogP contribution >= 0.6 is 11.8 Å². The maximum Gasteiger partial charge on any atom is 0.233 e. The number of thioether (sulfide) groups is 1. The first-order chi connectivity index (χ1) is 15.1. The van der Waals surface area contributed by atoms with E-state index in [4.69, 9.17) is 14.2 Å². The second-order valence-corrected chi connectivity index (χ2v) is 9.11. The van der Waals surface area contributed by atoms with Gasteiger partial charge in [0.2, 0.25) is 5.91 Å². The summed E-state index contributed by atoms with van der Waals surface area (Å²) in [4.78, 5) is 18.2. The Kier molecular flexibility index (Phi) is 7.25. The fourth-order valence-electron chi connectivity index (χ4n) is 3.76. The number of ether oxygens (including phenoxy) is 3. The Morgan fingerprint density at radius 2 is 1.81 bits per heavy atom. The van der Waals surface area contributed by atoms with Gasteiger partial charge in [-0.3, -0.25) is 4.79 Å². The SMILES string of the molecule is CN(C)c1ccc(CN(CC2CCCO2)C(=O)CSc2ccc3c(c2)OCCO3)cc1. The van der Waals surface area contributed by atoms with Crippen molar-refractivity contribution < 1.29 is 19.0 Å². The first kappa shape index (κ1) is 21.8. The van der Waals surface area contributed by atoms with Gasteiger partial charge in [0, 0.05) is 44.4 Å². The van der Waals surface area contributed by atoms with E-state index in [1.54, 1.807) is 0 Å². The number of rotatable bonds is 8. The van der Waals surface area contributed by atoms with Gasteiger partial charge in [-0.2, -0.15) is 0 Å². The van der Waals surface area contributed by atoms with Gasteiger partial charge >= 0.3 is 0 Å². The van der Waals surface area contributed by atoms with Crippen LogP contribution in [0.3, 0.4) is 0 Å². The van der Waals surface area contributed by atoms with E-state index in [-0.39, 0.29) is 12.0 Å². The maximum atomic E-state index is 13.2. The van der Waals surface area contributed by atoms with Crippen molar-refractivity contribution in [2.45, 2.75) is 30.4 Å². The highest BCUT2D eigenvalue weighted by Gasteiger charge is 2.23. The number of hydrogen-bond donors (Lipinski definition) is 0. The van der Waals surface area contributed by atoms with Crippen molar-refractivity contribution in [1.29, 1.82) is 0 Å². The second-order valence-electron chi connectivity index (χ2n) is 8.06. The van der Waals surface area contributed by atoms with Gasteiger partial charge in [-0.25, -0.2) is 0 Å². The first-order valence-electron chi connectivity index (χ1n) is 10.8. The molecule has 2 aromatic rings. The molecule has 4 rings (SSSR count). The summed E-state index contributed by atoms with van der Waals surface area (Å²) in [7, 11) is 4.05. The Labute approximate surface area is 188 Å². The van der Waals surface area contributed by atoms with E-state index in [0.717, 1.165) is 47.1 Å². The molecule has 0 bridgehead atoms. The molecule has 31 heavy (non-hydrogen) atoms. The lowest BCUT2D eigenvalue weighted by Crippen LogP contribution is -2.38. The maximum absolute atomic E-state index is 13.2. The van der Waals surface area contributed by atoms with Gasteiger partial charge in [0.1, 0.15) is 13.2 Å². The molecule has 0 saturated carbocycles. The Bertz CT molecular complexity index is 882. The van der Waals surface area contributed by atoms with Crippen LogP contribution in [-0.2, 0) is 16.1 Å². The van der Waals surface area contributed by atoms with Gasteiger partial charge in [-0.05, 0) is 48.7 Å². The van der Waals surface area contributed by atoms with Gasteiger partial charge in [0.25, 0.3) is 0 Å². The van der Waals surface area contributed by atoms with E-state index >= 15 is 0 Å². The summed E-state index contributed by atoms with van der Waals surface area (Å²) < 4.78 is 17.0. The minimum absolute atomic E-state index is 0.118. The number of amides is 1. The Hall–Kier alpha value is -2.38. The Balaban J connectivity index is 1.40. The van der Waals surface area contributed by atoms with E-state index in [9.17, 15) is 4.79 Å². The second kappa shape index (κ2) is 10.3. The van der Waals surface area contributed by atoms with Crippen LogP contribution in [0, 0.1) is 0 Å². The quantitative estimate of drug-likeness (QED) is 0.580. The molecule has 0 aliphatic carbocycles. The van der Waals surface area contributed by atoms with Crippen molar-refractivity contribution >= 4 is 23.4 Å². The van der Waals surface area contributed by atoms with E-state index in [0.29, 0.717) is 32.1 Å². The molecule has 2 aliphatic heterocycles. The zero-order valence-corrected chi connectivity index (χ0v) is 19.0. The molecule has 0 aromatic heterocycles. The Morgan fingerprint density at radius 3 is 2.52 bits per heavy atom. The molecule has 2 heterocycles. The van der Waals surface area contributed by atoms with Gasteiger partial charge in [0.15, 0.2) is 11.5 Å². The molecule has 7 heteroatoms. The van der Waals surface area contributed by atoms with Crippen LogP contribution in [0.15, 0.2) is 47.4 Å². The van der Waals surface area contributed by atoms with Crippen LogP contribution in [-0.4, -0.2) is 63.1 Å². The molecular formula is C24H30N2O4S. The molecule has 2 aromatic carbocycles. The molecule has 1 atom stereocenters. The van der Waals surface area contributed by atoms with Crippen LogP contribution < -0.4 is 14.4 Å². The molecule has 6 nitrogen and oxygen atoms in total. The normalized spacial score (nSPS) is 17.4. The van der Waals surface area contributed by atoms with Gasteiger partial charge < -0.3 is 24.0 Å². The standard InChI is InChI=1S/C24H30N2O4S/c1-25(2)19-7-5-18(6-8-19)15-26(16-20-4-3-11-28-20)24(27)17-31-21-9-10-22-23(14-21)30-13-12-29-22/h5-10,14,20H,3-4,11-13,15-17H2,1-2H3. The minimum atomic E-state index is 0.118. The summed E-state index contributed by atoms with van der Waals surface area (Å²) in [6.07, 6.45) is 2.21. The van der Waals surface area contributed by atoms with E-state index < -0.39 is 0 Å². The Morgan fingerprint density at radius 1 is 1.03 bits per heavy atom. The summed E-state index contributed by atoms with van der Waals surface area (Å²) in [5.74, 6) is 2.01. The number of anilines is 1. The third kappa shape index (κ3) is 5.86. The molecule has 1 unspecified atom stereocenters. The van der Waals surface area contributed by atoms with Crippen molar-refractivity contribution in [2.75, 3.05) is 51.1 Å². The molecular weight excluding hydrogens is 412 g/mol. The largest absolute Gasteiger partial charge is 0.486 e. The van der Waals surface area contributed by atoms with E-state index in [2.05, 4.69) is 29.2 Å². The lowest BCUT2D eigenvalue weighted by atomic mass is 10.1. The smallest absolute Gasteiger partial charge is 0.233 e. The summed E-state index contributed by atoms with van der Waals surface area (Å²) in [5.41, 5.74) is 2.27. The average Bonchev–Trinajstić information content (AvgIpc) is 3.30. The van der Waals surface area contributed by atoms with Crippen molar-refractivity contribution in [1.82, 2.24) is 4.90 Å². The van der Waals surface area contributed by atoms with Gasteiger partial charge in [-0.1, -0.05) is 12.1 Å². The predicted octanol–water partition coefficient (Wildman–Crippen LogP) is 3.82. The molecule has 1 fully saturated rings. The van der Waals surface area contributed by atoms with Crippen LogP contribution in [0.25, 0.3) is 0 Å². The highest BCUT2D eigenvalue weighted by molar-refractivity contribution is 8.00. The number of benzene rings is 2. The average molecular weight is 443 g/mol. The third-order valence-electron chi connectivity index (χ3n) is 5.50. The fraction of sp³-hybridized carbons (Fsp3) is 0.458. The summed E-state index contributed by atoms with van der Waals surface area (Å²) in [6.45, 7) is 3.15. The van der Waals surface area contributed by atoms with E-state index in [1.165, 1.54) is 11.8 Å². The van der Waals surface area contributed by atoms with Crippen molar-refractivity contribution in [3.63, 3.8) is 0 Å². The molecule has 0 radical (unpaired) electrons. The molecule has 166 valence electrons. The highest BCUT2D eigenvalue weighted by atomic mass is 32.2. The highest BCUT2D eigenvalue weighted by Crippen LogP contribution is 2.34. The fourth-order valence-corrected chi connectivity index (χ4v) is 4.59. The van der Waals surface area contributed by atoms with Crippen LogP contribution in [0.5, 0.6) is 11.5 Å². The van der Waals surface area contributed by atoms with Crippen LogP contribution in [0.1, 0.15) is 18.4 Å². The monoisotopic (exact) mass is 442 g/mol. The molecule has 1 saturated heterocycles. The summed E-state index contributed by atoms with van der Waals surface area (Å²) >= 11 is 1.53. The summed E-state index contributed by atoms with van der Waals surface area (Å²) in [5, 5.41) is 0. The number of hydrogen-bond acceptors (Lipinski definition) is 6. The topological polar surface area (TPSA) is 51.2 Å². The predicted molar refractivity (Wildman–Crippen MR) is 123 cm³/mol. The number of nitrogens with zero attached hydrogens (tertiary/aromatic N) is 2. The van der Waals surface area contributed by atoms with Crippen LogP contribution in [0.2, 0.25) is 0 Å². The lowest BCUT2D eigenvalue weighted by Gasteiger charge is -2.26. The van der Waals surface area contributed by atoms with Crippen molar-refractivity contribution in [3.8, 4) is 11.5 Å². The number of carbonyl (C=O) groups is 1. The van der Waals surface area contributed by atoms with Crippen molar-refractivity contribution in [3.05, 3.63) is 48.0 Å². The van der Waals surface area contributed by atoms with Crippen molar-refractivity contribution in [2.24, 2.45) is 0 Å². The minimum Gasteiger partial charge on any atom is -0.486 e.